The molecule has 0 amide bonds. The van der Waals surface area contributed by atoms with Crippen LogP contribution in [0.25, 0.3) is 0 Å². The Morgan fingerprint density at radius 2 is 1.70 bits per heavy atom. The molecule has 3 N–H and O–H groups in total. The van der Waals surface area contributed by atoms with Crippen LogP contribution in [0, 0.1) is 13.8 Å². The zero-order valence-corrected chi connectivity index (χ0v) is 13.5. The molecule has 1 aromatic carbocycles. The van der Waals surface area contributed by atoms with Crippen LogP contribution >= 0.6 is 0 Å². The number of sulfonamides is 1. The zero-order valence-electron chi connectivity index (χ0n) is 12.7. The summed E-state index contributed by atoms with van der Waals surface area (Å²) < 4.78 is 27.4. The number of benzene rings is 1. The van der Waals surface area contributed by atoms with Crippen LogP contribution in [0.15, 0.2) is 17.0 Å². The van der Waals surface area contributed by atoms with Crippen LogP contribution in [-0.2, 0) is 10.0 Å². The smallest absolute Gasteiger partial charge is 0.242 e. The van der Waals surface area contributed by atoms with Gasteiger partial charge in [-0.1, -0.05) is 26.0 Å². The Kier molecular flexibility index (Phi) is 5.98. The zero-order chi connectivity index (χ0) is 15.3. The molecule has 0 unspecified atom stereocenters. The molecule has 0 saturated carbocycles. The SMILES string of the molecule is CCN(CC)CCNS(=O)(=O)c1c(C)ccc(C)c1N. The Balaban J connectivity index is 2.88. The van der Waals surface area contributed by atoms with Crippen molar-refractivity contribution < 1.29 is 8.42 Å². The lowest BCUT2D eigenvalue weighted by molar-refractivity contribution is 0.309. The number of anilines is 1. The van der Waals surface area contributed by atoms with E-state index >= 15 is 0 Å². The van der Waals surface area contributed by atoms with Crippen LogP contribution in [0.4, 0.5) is 5.69 Å². The molecule has 20 heavy (non-hydrogen) atoms. The van der Waals surface area contributed by atoms with Crippen molar-refractivity contribution in [3.63, 3.8) is 0 Å². The second-order valence-corrected chi connectivity index (χ2v) is 6.57. The van der Waals surface area contributed by atoms with Gasteiger partial charge in [-0.15, -0.1) is 0 Å². The molecular formula is C14H25N3O2S. The van der Waals surface area contributed by atoms with E-state index in [4.69, 9.17) is 5.73 Å². The largest absolute Gasteiger partial charge is 0.397 e. The number of aryl methyl sites for hydroxylation is 2. The molecule has 114 valence electrons. The third kappa shape index (κ3) is 3.94. The first-order valence-electron chi connectivity index (χ1n) is 6.91. The maximum Gasteiger partial charge on any atom is 0.242 e. The number of hydrogen-bond donors (Lipinski definition) is 2. The summed E-state index contributed by atoms with van der Waals surface area (Å²) in [6.45, 7) is 10.6. The van der Waals surface area contributed by atoms with Gasteiger partial charge in [0.15, 0.2) is 0 Å². The van der Waals surface area contributed by atoms with Gasteiger partial charge in [-0.3, -0.25) is 0 Å². The summed E-state index contributed by atoms with van der Waals surface area (Å²) in [4.78, 5) is 2.37. The predicted octanol–water partition coefficient (Wildman–Crippen LogP) is 1.51. The Bertz CT molecular complexity index is 552. The van der Waals surface area contributed by atoms with E-state index in [1.807, 2.05) is 13.0 Å². The highest BCUT2D eigenvalue weighted by Gasteiger charge is 2.20. The summed E-state index contributed by atoms with van der Waals surface area (Å²) in [6.07, 6.45) is 0. The summed E-state index contributed by atoms with van der Waals surface area (Å²) >= 11 is 0. The molecule has 0 bridgehead atoms. The maximum absolute atomic E-state index is 12.4. The monoisotopic (exact) mass is 299 g/mol. The van der Waals surface area contributed by atoms with Gasteiger partial charge in [0.1, 0.15) is 4.90 Å². The minimum Gasteiger partial charge on any atom is -0.397 e. The van der Waals surface area contributed by atoms with Gasteiger partial charge >= 0.3 is 0 Å². The summed E-state index contributed by atoms with van der Waals surface area (Å²) in [6, 6.07) is 3.62. The summed E-state index contributed by atoms with van der Waals surface area (Å²) in [7, 11) is -3.56. The third-order valence-corrected chi connectivity index (χ3v) is 5.16. The number of nitrogen functional groups attached to an aromatic ring is 1. The fourth-order valence-corrected chi connectivity index (χ4v) is 3.56. The van der Waals surface area contributed by atoms with Gasteiger partial charge in [0.05, 0.1) is 5.69 Å². The van der Waals surface area contributed by atoms with Crippen LogP contribution < -0.4 is 10.5 Å². The first-order valence-corrected chi connectivity index (χ1v) is 8.39. The summed E-state index contributed by atoms with van der Waals surface area (Å²) in [5.41, 5.74) is 7.70. The molecule has 0 fully saturated rings. The van der Waals surface area contributed by atoms with Crippen LogP contribution in [0.2, 0.25) is 0 Å². The van der Waals surface area contributed by atoms with Gasteiger partial charge in [-0.25, -0.2) is 13.1 Å². The van der Waals surface area contributed by atoms with Crippen LogP contribution in [0.5, 0.6) is 0 Å². The van der Waals surface area contributed by atoms with Crippen molar-refractivity contribution in [2.45, 2.75) is 32.6 Å². The summed E-state index contributed by atoms with van der Waals surface area (Å²) in [5.74, 6) is 0. The van der Waals surface area contributed by atoms with Crippen LogP contribution in [-0.4, -0.2) is 39.5 Å². The molecule has 0 radical (unpaired) electrons. The Morgan fingerprint density at radius 1 is 1.15 bits per heavy atom. The molecule has 0 atom stereocenters. The molecule has 1 aromatic rings. The van der Waals surface area contributed by atoms with E-state index in [2.05, 4.69) is 23.5 Å². The first kappa shape index (κ1) is 16.9. The normalized spacial score (nSPS) is 12.1. The van der Waals surface area contributed by atoms with E-state index in [9.17, 15) is 8.42 Å². The lowest BCUT2D eigenvalue weighted by atomic mass is 10.1. The van der Waals surface area contributed by atoms with E-state index < -0.39 is 10.0 Å². The lowest BCUT2D eigenvalue weighted by Gasteiger charge is -2.19. The van der Waals surface area contributed by atoms with Crippen molar-refractivity contribution in [1.29, 1.82) is 0 Å². The van der Waals surface area contributed by atoms with E-state index in [0.717, 1.165) is 18.7 Å². The van der Waals surface area contributed by atoms with Gasteiger partial charge in [0, 0.05) is 13.1 Å². The van der Waals surface area contributed by atoms with Crippen molar-refractivity contribution in [2.75, 3.05) is 31.9 Å². The molecule has 0 aliphatic heterocycles. The van der Waals surface area contributed by atoms with E-state index in [0.29, 0.717) is 24.3 Å². The Hall–Kier alpha value is -1.11. The minimum atomic E-state index is -3.56. The first-order chi connectivity index (χ1) is 9.33. The van der Waals surface area contributed by atoms with Gasteiger partial charge < -0.3 is 10.6 Å². The van der Waals surface area contributed by atoms with E-state index in [1.165, 1.54) is 0 Å². The minimum absolute atomic E-state index is 0.206. The van der Waals surface area contributed by atoms with Gasteiger partial charge in [0.25, 0.3) is 0 Å². The van der Waals surface area contributed by atoms with Crippen LogP contribution in [0.3, 0.4) is 0 Å². The Labute approximate surface area is 122 Å². The maximum atomic E-state index is 12.4. The third-order valence-electron chi connectivity index (χ3n) is 3.49. The standard InChI is InChI=1S/C14H25N3O2S/c1-5-17(6-2)10-9-16-20(18,19)14-12(4)8-7-11(3)13(14)15/h7-8,16H,5-6,9-10,15H2,1-4H3. The topological polar surface area (TPSA) is 75.4 Å². The number of rotatable bonds is 7. The quantitative estimate of drug-likeness (QED) is 0.748. The van der Waals surface area contributed by atoms with Crippen molar-refractivity contribution in [2.24, 2.45) is 0 Å². The Morgan fingerprint density at radius 3 is 2.25 bits per heavy atom. The van der Waals surface area contributed by atoms with Gasteiger partial charge in [0.2, 0.25) is 10.0 Å². The van der Waals surface area contributed by atoms with E-state index in [-0.39, 0.29) is 4.90 Å². The average Bonchev–Trinajstić information content (AvgIpc) is 2.39. The molecule has 0 saturated heterocycles. The molecule has 0 aliphatic rings. The average molecular weight is 299 g/mol. The van der Waals surface area contributed by atoms with Gasteiger partial charge in [-0.05, 0) is 38.1 Å². The molecule has 0 spiro atoms. The molecule has 6 heteroatoms. The van der Waals surface area contributed by atoms with E-state index in [1.54, 1.807) is 13.0 Å². The second kappa shape index (κ2) is 7.06. The highest BCUT2D eigenvalue weighted by molar-refractivity contribution is 7.89. The number of nitrogens with two attached hydrogens (primary N) is 1. The molecule has 5 nitrogen and oxygen atoms in total. The fourth-order valence-electron chi connectivity index (χ4n) is 2.11. The molecule has 1 rings (SSSR count). The number of likely N-dealkylation sites (N-methyl/N-ethyl adjacent to an activating group) is 1. The number of nitrogens with zero attached hydrogens (tertiary/aromatic N) is 1. The second-order valence-electron chi connectivity index (χ2n) is 4.87. The van der Waals surface area contributed by atoms with Gasteiger partial charge in [-0.2, -0.15) is 0 Å². The highest BCUT2D eigenvalue weighted by Crippen LogP contribution is 2.25. The van der Waals surface area contributed by atoms with Crippen molar-refractivity contribution in [3.8, 4) is 0 Å². The number of hydrogen-bond acceptors (Lipinski definition) is 4. The van der Waals surface area contributed by atoms with Crippen LogP contribution in [0.1, 0.15) is 25.0 Å². The molecule has 0 aromatic heterocycles. The number of nitrogens with one attached hydrogen (secondary N) is 1. The summed E-state index contributed by atoms with van der Waals surface area (Å²) in [5, 5.41) is 0. The molecule has 0 heterocycles. The lowest BCUT2D eigenvalue weighted by Crippen LogP contribution is -2.35. The predicted molar refractivity (Wildman–Crippen MR) is 83.3 cm³/mol. The fraction of sp³-hybridized carbons (Fsp3) is 0.571. The van der Waals surface area contributed by atoms with Crippen molar-refractivity contribution in [1.82, 2.24) is 9.62 Å². The highest BCUT2D eigenvalue weighted by atomic mass is 32.2. The molecule has 0 aliphatic carbocycles. The van der Waals surface area contributed by atoms with Crippen molar-refractivity contribution >= 4 is 15.7 Å². The molecular weight excluding hydrogens is 274 g/mol. The van der Waals surface area contributed by atoms with Crippen molar-refractivity contribution in [3.05, 3.63) is 23.3 Å².